The molecule has 0 atom stereocenters. The fourth-order valence-corrected chi connectivity index (χ4v) is 9.16. The summed E-state index contributed by atoms with van der Waals surface area (Å²) in [6, 6.07) is 72.7. The van der Waals surface area contributed by atoms with Gasteiger partial charge < -0.3 is 4.57 Å². The minimum atomic E-state index is 0.940. The van der Waals surface area contributed by atoms with Crippen molar-refractivity contribution in [3.8, 4) is 33.9 Å². The molecule has 2 aromatic heterocycles. The number of para-hydroxylation sites is 3. The molecule has 0 unspecified atom stereocenters. The first-order chi connectivity index (χ1) is 27.8. The van der Waals surface area contributed by atoms with Gasteiger partial charge in [0.15, 0.2) is 0 Å². The van der Waals surface area contributed by atoms with E-state index in [4.69, 9.17) is 4.98 Å². The summed E-state index contributed by atoms with van der Waals surface area (Å²) < 4.78 is 4.70. The number of imidazole rings is 1. The molecule has 0 aliphatic rings. The van der Waals surface area contributed by atoms with Crippen LogP contribution in [0.2, 0.25) is 0 Å². The number of hydrogen-bond donors (Lipinski definition) is 0. The number of rotatable bonds is 4. The molecule has 0 spiro atoms. The van der Waals surface area contributed by atoms with E-state index in [-0.39, 0.29) is 0 Å². The number of aromatic nitrogens is 3. The van der Waals surface area contributed by atoms with Crippen LogP contribution >= 0.6 is 0 Å². The third-order valence-corrected chi connectivity index (χ3v) is 11.7. The highest BCUT2D eigenvalue weighted by atomic mass is 15.1. The number of hydrogen-bond acceptors (Lipinski definition) is 1. The maximum atomic E-state index is 5.20. The first kappa shape index (κ1) is 30.9. The molecule has 0 radical (unpaired) electrons. The molecule has 2 heterocycles. The van der Waals surface area contributed by atoms with Crippen molar-refractivity contribution in [1.82, 2.24) is 14.1 Å². The molecule has 56 heavy (non-hydrogen) atoms. The molecular formula is C53H33N3. The van der Waals surface area contributed by atoms with Crippen molar-refractivity contribution in [1.29, 1.82) is 0 Å². The van der Waals surface area contributed by atoms with Gasteiger partial charge in [0, 0.05) is 27.7 Å². The topological polar surface area (TPSA) is 22.8 Å². The van der Waals surface area contributed by atoms with Crippen LogP contribution in [0.5, 0.6) is 0 Å². The van der Waals surface area contributed by atoms with Gasteiger partial charge in [0.25, 0.3) is 0 Å². The van der Waals surface area contributed by atoms with Gasteiger partial charge in [-0.25, -0.2) is 4.98 Å². The van der Waals surface area contributed by atoms with Gasteiger partial charge in [-0.2, -0.15) is 0 Å². The highest BCUT2D eigenvalue weighted by molar-refractivity contribution is 6.26. The summed E-state index contributed by atoms with van der Waals surface area (Å²) in [7, 11) is 0. The van der Waals surface area contributed by atoms with E-state index in [1.165, 1.54) is 76.0 Å². The van der Waals surface area contributed by atoms with Gasteiger partial charge in [0.05, 0.1) is 22.1 Å². The summed E-state index contributed by atoms with van der Waals surface area (Å²) in [6.07, 6.45) is 0. The Bertz CT molecular complexity index is 3490. The molecular weight excluding hydrogens is 679 g/mol. The first-order valence-electron chi connectivity index (χ1n) is 19.2. The monoisotopic (exact) mass is 711 g/mol. The SMILES string of the molecule is c1ccc2c(-c3nc4ccccc4n3-c3ccc(-n4c5ccccc5c5cc(-c6ccc7c8ccccc8c8ccccc8c7c6)ccc54)cc3)cccc2c1. The third kappa shape index (κ3) is 4.55. The Labute approximate surface area is 322 Å². The second-order valence-corrected chi connectivity index (χ2v) is 14.7. The number of fused-ring (bicyclic) bond motifs is 11. The summed E-state index contributed by atoms with van der Waals surface area (Å²) in [5.74, 6) is 0.940. The first-order valence-corrected chi connectivity index (χ1v) is 19.2. The van der Waals surface area contributed by atoms with Gasteiger partial charge in [-0.05, 0) is 115 Å². The van der Waals surface area contributed by atoms with Crippen LogP contribution in [0.3, 0.4) is 0 Å². The van der Waals surface area contributed by atoms with Crippen molar-refractivity contribution < 1.29 is 0 Å². The van der Waals surface area contributed by atoms with Crippen LogP contribution in [0.25, 0.3) is 110 Å². The average molecular weight is 712 g/mol. The van der Waals surface area contributed by atoms with Gasteiger partial charge in [0.1, 0.15) is 5.82 Å². The van der Waals surface area contributed by atoms with Crippen LogP contribution in [-0.2, 0) is 0 Å². The molecule has 0 amide bonds. The summed E-state index contributed by atoms with van der Waals surface area (Å²) in [6.45, 7) is 0. The number of benzene rings is 10. The molecule has 260 valence electrons. The van der Waals surface area contributed by atoms with E-state index in [0.717, 1.165) is 33.8 Å². The molecule has 0 bridgehead atoms. The molecule has 0 aliphatic carbocycles. The van der Waals surface area contributed by atoms with Crippen LogP contribution in [-0.4, -0.2) is 14.1 Å². The summed E-state index contributed by atoms with van der Waals surface area (Å²) in [5.41, 5.74) is 10.2. The fraction of sp³-hybridized carbons (Fsp3) is 0. The molecule has 12 rings (SSSR count). The molecule has 10 aromatic carbocycles. The predicted molar refractivity (Wildman–Crippen MR) is 236 cm³/mol. The zero-order valence-corrected chi connectivity index (χ0v) is 30.4. The molecule has 0 aliphatic heterocycles. The molecule has 3 heteroatoms. The van der Waals surface area contributed by atoms with Crippen molar-refractivity contribution in [2.75, 3.05) is 0 Å². The second-order valence-electron chi connectivity index (χ2n) is 14.7. The fourth-order valence-electron chi connectivity index (χ4n) is 9.16. The Kier molecular flexibility index (Phi) is 6.63. The Hall–Kier alpha value is -7.49. The Morgan fingerprint density at radius 3 is 1.54 bits per heavy atom. The van der Waals surface area contributed by atoms with Crippen LogP contribution < -0.4 is 0 Å². The maximum absolute atomic E-state index is 5.20. The van der Waals surface area contributed by atoms with E-state index in [9.17, 15) is 0 Å². The van der Waals surface area contributed by atoms with E-state index in [1.807, 2.05) is 0 Å². The zero-order valence-electron chi connectivity index (χ0n) is 30.4. The highest BCUT2D eigenvalue weighted by Crippen LogP contribution is 2.40. The molecule has 0 fully saturated rings. The third-order valence-electron chi connectivity index (χ3n) is 11.7. The van der Waals surface area contributed by atoms with Crippen molar-refractivity contribution in [3.63, 3.8) is 0 Å². The van der Waals surface area contributed by atoms with Crippen LogP contribution in [0.1, 0.15) is 0 Å². The molecule has 0 saturated heterocycles. The summed E-state index contributed by atoms with van der Waals surface area (Å²) in [5, 5.41) is 12.6. The van der Waals surface area contributed by atoms with Crippen molar-refractivity contribution in [3.05, 3.63) is 200 Å². The Morgan fingerprint density at radius 2 is 0.804 bits per heavy atom. The van der Waals surface area contributed by atoms with Gasteiger partial charge in [-0.3, -0.25) is 4.57 Å². The van der Waals surface area contributed by atoms with E-state index in [1.54, 1.807) is 0 Å². The summed E-state index contributed by atoms with van der Waals surface area (Å²) in [4.78, 5) is 5.20. The largest absolute Gasteiger partial charge is 0.309 e. The lowest BCUT2D eigenvalue weighted by molar-refractivity contribution is 1.09. The smallest absolute Gasteiger partial charge is 0.146 e. The van der Waals surface area contributed by atoms with Crippen molar-refractivity contribution >= 4 is 75.9 Å². The molecule has 0 saturated carbocycles. The lowest BCUT2D eigenvalue weighted by atomic mass is 9.92. The average Bonchev–Trinajstić information content (AvgIpc) is 3.82. The van der Waals surface area contributed by atoms with E-state index in [2.05, 4.69) is 209 Å². The van der Waals surface area contributed by atoms with Gasteiger partial charge in [-0.1, -0.05) is 140 Å². The molecule has 0 N–H and O–H groups in total. The second kappa shape index (κ2) is 12.0. The Morgan fingerprint density at radius 1 is 0.304 bits per heavy atom. The normalized spacial score (nSPS) is 11.9. The summed E-state index contributed by atoms with van der Waals surface area (Å²) >= 11 is 0. The lowest BCUT2D eigenvalue weighted by Crippen LogP contribution is -2.00. The number of nitrogens with zero attached hydrogens (tertiary/aromatic N) is 3. The standard InChI is InChI=1S/C53H33N3/c1-2-14-39-34(12-1)13-11-20-46(39)53-54-49-21-8-10-23-52(49)56(53)38-28-26-37(27-29-38)55-50-22-9-7-19-45(50)48-33-36(25-31-51(48)55)35-24-30-44-42-17-4-3-15-40(42)41-16-5-6-18-43(41)47(44)32-35/h1-33H. The van der Waals surface area contributed by atoms with Crippen LogP contribution in [0.4, 0.5) is 0 Å². The van der Waals surface area contributed by atoms with E-state index in [0.29, 0.717) is 0 Å². The van der Waals surface area contributed by atoms with Gasteiger partial charge in [-0.15, -0.1) is 0 Å². The van der Waals surface area contributed by atoms with E-state index < -0.39 is 0 Å². The minimum absolute atomic E-state index is 0.940. The minimum Gasteiger partial charge on any atom is -0.309 e. The quantitative estimate of drug-likeness (QED) is 0.167. The van der Waals surface area contributed by atoms with Crippen molar-refractivity contribution in [2.24, 2.45) is 0 Å². The van der Waals surface area contributed by atoms with Gasteiger partial charge in [0.2, 0.25) is 0 Å². The zero-order chi connectivity index (χ0) is 36.7. The highest BCUT2D eigenvalue weighted by Gasteiger charge is 2.18. The molecule has 12 aromatic rings. The Balaban J connectivity index is 1.00. The predicted octanol–water partition coefficient (Wildman–Crippen LogP) is 14.1. The van der Waals surface area contributed by atoms with Crippen LogP contribution in [0.15, 0.2) is 200 Å². The van der Waals surface area contributed by atoms with Crippen molar-refractivity contribution in [2.45, 2.75) is 0 Å². The lowest BCUT2D eigenvalue weighted by Gasteiger charge is -2.14. The molecule has 3 nitrogen and oxygen atoms in total. The van der Waals surface area contributed by atoms with Crippen LogP contribution in [0, 0.1) is 0 Å². The van der Waals surface area contributed by atoms with Gasteiger partial charge >= 0.3 is 0 Å². The maximum Gasteiger partial charge on any atom is 0.146 e. The van der Waals surface area contributed by atoms with E-state index >= 15 is 0 Å².